The van der Waals surface area contributed by atoms with E-state index >= 15 is 0 Å². The molecule has 0 spiro atoms. The first-order valence-corrected chi connectivity index (χ1v) is 6.81. The summed E-state index contributed by atoms with van der Waals surface area (Å²) in [5.41, 5.74) is 5.24. The first-order chi connectivity index (χ1) is 8.33. The number of non-ortho nitro benzene ring substituents is 1. The van der Waals surface area contributed by atoms with Crippen LogP contribution >= 0.6 is 0 Å². The number of benzene rings is 1. The number of nitro groups is 1. The van der Waals surface area contributed by atoms with E-state index in [4.69, 9.17) is 5.73 Å². The fourth-order valence-electron chi connectivity index (χ4n) is 1.27. The highest BCUT2D eigenvalue weighted by atomic mass is 32.2. The minimum Gasteiger partial charge on any atom is -0.328 e. The van der Waals surface area contributed by atoms with Crippen molar-refractivity contribution >= 4 is 15.7 Å². The molecule has 1 atom stereocenters. The van der Waals surface area contributed by atoms with Gasteiger partial charge in [-0.15, -0.1) is 0 Å². The second-order valence-corrected chi connectivity index (χ2v) is 5.69. The van der Waals surface area contributed by atoms with Crippen LogP contribution in [-0.4, -0.2) is 25.9 Å². The Morgan fingerprint density at radius 2 is 2.17 bits per heavy atom. The monoisotopic (exact) mass is 273 g/mol. The number of hydrogen-bond donors (Lipinski definition) is 2. The van der Waals surface area contributed by atoms with Crippen LogP contribution in [0.4, 0.5) is 5.69 Å². The van der Waals surface area contributed by atoms with Crippen LogP contribution in [0, 0.1) is 10.1 Å². The van der Waals surface area contributed by atoms with Crippen molar-refractivity contribution in [2.24, 2.45) is 5.73 Å². The first-order valence-electron chi connectivity index (χ1n) is 5.32. The minimum atomic E-state index is -3.72. The van der Waals surface area contributed by atoms with Crippen molar-refractivity contribution in [2.75, 3.05) is 6.54 Å². The number of nitrogens with zero attached hydrogens (tertiary/aromatic N) is 1. The smallest absolute Gasteiger partial charge is 0.270 e. The second kappa shape index (κ2) is 5.89. The molecule has 1 aromatic rings. The van der Waals surface area contributed by atoms with Crippen LogP contribution in [0.2, 0.25) is 0 Å². The van der Waals surface area contributed by atoms with Gasteiger partial charge in [-0.2, -0.15) is 0 Å². The van der Waals surface area contributed by atoms with Gasteiger partial charge in [-0.3, -0.25) is 10.1 Å². The molecule has 0 fully saturated rings. The third kappa shape index (κ3) is 4.06. The number of nitro benzene ring substituents is 1. The summed E-state index contributed by atoms with van der Waals surface area (Å²) in [7, 11) is -3.72. The van der Waals surface area contributed by atoms with Crippen LogP contribution in [0.5, 0.6) is 0 Å². The Morgan fingerprint density at radius 1 is 1.50 bits per heavy atom. The van der Waals surface area contributed by atoms with Gasteiger partial charge in [0.1, 0.15) is 0 Å². The molecule has 0 amide bonds. The maximum atomic E-state index is 11.8. The summed E-state index contributed by atoms with van der Waals surface area (Å²) in [5.74, 6) is 0. The predicted octanol–water partition coefficient (Wildman–Crippen LogP) is 0.610. The Bertz CT molecular complexity index is 528. The van der Waals surface area contributed by atoms with Gasteiger partial charge in [-0.05, 0) is 19.4 Å². The molecule has 1 unspecified atom stereocenters. The van der Waals surface area contributed by atoms with Gasteiger partial charge in [-0.25, -0.2) is 13.1 Å². The summed E-state index contributed by atoms with van der Waals surface area (Å²) in [6.07, 6.45) is 0.494. The van der Waals surface area contributed by atoms with E-state index in [0.29, 0.717) is 6.42 Å². The summed E-state index contributed by atoms with van der Waals surface area (Å²) < 4.78 is 26.0. The molecular formula is C10H15N3O4S. The second-order valence-electron chi connectivity index (χ2n) is 3.92. The van der Waals surface area contributed by atoms with Gasteiger partial charge in [0.15, 0.2) is 0 Å². The molecule has 0 heterocycles. The summed E-state index contributed by atoms with van der Waals surface area (Å²) in [4.78, 5) is 9.80. The van der Waals surface area contributed by atoms with Crippen molar-refractivity contribution in [2.45, 2.75) is 24.3 Å². The lowest BCUT2D eigenvalue weighted by Gasteiger charge is -2.08. The SMILES string of the molecule is CC(N)CCNS(=O)(=O)c1cccc([N+](=O)[O-])c1. The van der Waals surface area contributed by atoms with Crippen LogP contribution in [0.3, 0.4) is 0 Å². The van der Waals surface area contributed by atoms with Gasteiger partial charge < -0.3 is 5.73 Å². The number of nitrogens with two attached hydrogens (primary N) is 1. The Balaban J connectivity index is 2.85. The lowest BCUT2D eigenvalue weighted by atomic mass is 10.3. The van der Waals surface area contributed by atoms with Gasteiger partial charge in [0.25, 0.3) is 5.69 Å². The van der Waals surface area contributed by atoms with Crippen LogP contribution in [0.25, 0.3) is 0 Å². The zero-order valence-electron chi connectivity index (χ0n) is 9.87. The molecule has 0 bridgehead atoms. The summed E-state index contributed by atoms with van der Waals surface area (Å²) in [6.45, 7) is 1.96. The molecule has 1 rings (SSSR count). The number of hydrogen-bond acceptors (Lipinski definition) is 5. The van der Waals surface area contributed by atoms with Gasteiger partial charge in [0.05, 0.1) is 9.82 Å². The third-order valence-corrected chi connectivity index (χ3v) is 3.69. The van der Waals surface area contributed by atoms with E-state index in [-0.39, 0.29) is 23.2 Å². The highest BCUT2D eigenvalue weighted by Gasteiger charge is 2.17. The summed E-state index contributed by atoms with van der Waals surface area (Å²) in [6, 6.07) is 4.78. The fourth-order valence-corrected chi connectivity index (χ4v) is 2.36. The van der Waals surface area contributed by atoms with Crippen LogP contribution in [0.1, 0.15) is 13.3 Å². The third-order valence-electron chi connectivity index (χ3n) is 2.23. The highest BCUT2D eigenvalue weighted by molar-refractivity contribution is 7.89. The zero-order chi connectivity index (χ0) is 13.8. The van der Waals surface area contributed by atoms with E-state index in [9.17, 15) is 18.5 Å². The van der Waals surface area contributed by atoms with E-state index in [1.165, 1.54) is 18.2 Å². The van der Waals surface area contributed by atoms with Crippen molar-refractivity contribution in [1.82, 2.24) is 4.72 Å². The van der Waals surface area contributed by atoms with Gasteiger partial charge in [-0.1, -0.05) is 6.07 Å². The molecular weight excluding hydrogens is 258 g/mol. The Morgan fingerprint density at radius 3 is 2.72 bits per heavy atom. The molecule has 0 aliphatic heterocycles. The number of nitrogens with one attached hydrogen (secondary N) is 1. The maximum Gasteiger partial charge on any atom is 0.270 e. The standard InChI is InChI=1S/C10H15N3O4S/c1-8(11)5-6-12-18(16,17)10-4-2-3-9(7-10)13(14)15/h2-4,7-8,12H,5-6,11H2,1H3. The molecule has 0 aliphatic rings. The zero-order valence-corrected chi connectivity index (χ0v) is 10.7. The molecule has 8 heteroatoms. The van der Waals surface area contributed by atoms with Crippen molar-refractivity contribution < 1.29 is 13.3 Å². The molecule has 0 saturated carbocycles. The van der Waals surface area contributed by atoms with Crippen LogP contribution in [-0.2, 0) is 10.0 Å². The minimum absolute atomic E-state index is 0.113. The molecule has 0 saturated heterocycles. The lowest BCUT2D eigenvalue weighted by molar-refractivity contribution is -0.385. The summed E-state index contributed by atoms with van der Waals surface area (Å²) >= 11 is 0. The number of sulfonamides is 1. The predicted molar refractivity (Wildman–Crippen MR) is 66.6 cm³/mol. The van der Waals surface area contributed by atoms with Gasteiger partial charge in [0.2, 0.25) is 10.0 Å². The Labute approximate surface area is 105 Å². The average Bonchev–Trinajstić information content (AvgIpc) is 2.28. The largest absolute Gasteiger partial charge is 0.328 e. The van der Waals surface area contributed by atoms with E-state index in [0.717, 1.165) is 6.07 Å². The highest BCUT2D eigenvalue weighted by Crippen LogP contribution is 2.16. The maximum absolute atomic E-state index is 11.8. The van der Waals surface area contributed by atoms with Gasteiger partial charge in [0, 0.05) is 24.7 Å². The Hall–Kier alpha value is -1.51. The van der Waals surface area contributed by atoms with E-state index < -0.39 is 14.9 Å². The van der Waals surface area contributed by atoms with Gasteiger partial charge >= 0.3 is 0 Å². The summed E-state index contributed by atoms with van der Waals surface area (Å²) in [5, 5.41) is 10.6. The molecule has 3 N–H and O–H groups in total. The normalized spacial score (nSPS) is 13.2. The van der Waals surface area contributed by atoms with E-state index in [2.05, 4.69) is 4.72 Å². The van der Waals surface area contributed by atoms with Crippen molar-refractivity contribution in [3.63, 3.8) is 0 Å². The molecule has 0 radical (unpaired) electrons. The first kappa shape index (κ1) is 14.6. The molecule has 100 valence electrons. The van der Waals surface area contributed by atoms with Crippen molar-refractivity contribution in [1.29, 1.82) is 0 Å². The van der Waals surface area contributed by atoms with Crippen molar-refractivity contribution in [3.05, 3.63) is 34.4 Å². The van der Waals surface area contributed by atoms with Crippen LogP contribution in [0.15, 0.2) is 29.2 Å². The molecule has 0 aromatic heterocycles. The molecule has 1 aromatic carbocycles. The van der Waals surface area contributed by atoms with E-state index in [1.54, 1.807) is 6.92 Å². The fraction of sp³-hybridized carbons (Fsp3) is 0.400. The molecule has 18 heavy (non-hydrogen) atoms. The molecule has 0 aliphatic carbocycles. The quantitative estimate of drug-likeness (QED) is 0.582. The average molecular weight is 273 g/mol. The molecule has 7 nitrogen and oxygen atoms in total. The van der Waals surface area contributed by atoms with Crippen molar-refractivity contribution in [3.8, 4) is 0 Å². The van der Waals surface area contributed by atoms with Crippen LogP contribution < -0.4 is 10.5 Å². The van der Waals surface area contributed by atoms with E-state index in [1.807, 2.05) is 0 Å². The Kier molecular flexibility index (Phi) is 4.76. The topological polar surface area (TPSA) is 115 Å². The lowest BCUT2D eigenvalue weighted by Crippen LogP contribution is -2.29. The number of rotatable bonds is 6.